The summed E-state index contributed by atoms with van der Waals surface area (Å²) >= 11 is 0. The van der Waals surface area contributed by atoms with Gasteiger partial charge in [-0.15, -0.1) is 10.2 Å². The Hall–Kier alpha value is -3.30. The molecule has 0 bridgehead atoms. The summed E-state index contributed by atoms with van der Waals surface area (Å²) in [6.45, 7) is 1.35. The summed E-state index contributed by atoms with van der Waals surface area (Å²) in [6.07, 6.45) is -2.02. The Bertz CT molecular complexity index is 1070. The molecule has 1 aliphatic heterocycles. The zero-order valence-corrected chi connectivity index (χ0v) is 16.9. The number of nitrogens with zero attached hydrogens (tertiary/aromatic N) is 4. The topological polar surface area (TPSA) is 71.8 Å². The average Bonchev–Trinajstić information content (AvgIpc) is 3.20. The molecule has 7 nitrogen and oxygen atoms in total. The van der Waals surface area contributed by atoms with E-state index in [-0.39, 0.29) is 11.8 Å². The summed E-state index contributed by atoms with van der Waals surface area (Å²) in [4.78, 5) is 14.5. The number of fused-ring (bicyclic) bond motifs is 1. The molecular formula is C21H22F3N5O2. The largest absolute Gasteiger partial charge is 0.497 e. The van der Waals surface area contributed by atoms with Crippen molar-refractivity contribution in [2.75, 3.05) is 25.1 Å². The highest BCUT2D eigenvalue weighted by molar-refractivity contribution is 5.79. The van der Waals surface area contributed by atoms with Gasteiger partial charge in [0, 0.05) is 25.8 Å². The molecular weight excluding hydrogens is 411 g/mol. The number of anilines is 1. The maximum atomic E-state index is 13.1. The Kier molecular flexibility index (Phi) is 5.71. The Morgan fingerprint density at radius 3 is 2.68 bits per heavy atom. The van der Waals surface area contributed by atoms with Gasteiger partial charge in [-0.2, -0.15) is 13.2 Å². The molecule has 4 rings (SSSR count). The molecule has 1 saturated heterocycles. The van der Waals surface area contributed by atoms with E-state index in [4.69, 9.17) is 4.74 Å². The van der Waals surface area contributed by atoms with Crippen LogP contribution in [0.2, 0.25) is 0 Å². The Morgan fingerprint density at radius 2 is 1.97 bits per heavy atom. The number of hydrogen-bond acceptors (Lipinski definition) is 5. The monoisotopic (exact) mass is 433 g/mol. The maximum Gasteiger partial charge on any atom is 0.417 e. The number of methoxy groups -OCH3 is 1. The molecule has 1 aromatic carbocycles. The number of halogens is 3. The van der Waals surface area contributed by atoms with Crippen molar-refractivity contribution in [2.24, 2.45) is 5.92 Å². The minimum atomic E-state index is -4.46. The molecule has 1 fully saturated rings. The number of piperidine rings is 1. The van der Waals surface area contributed by atoms with Crippen LogP contribution in [0.5, 0.6) is 5.75 Å². The standard InChI is InChI=1S/C21H22F3N5O2/c1-31-17-7-4-14(5-8-17)11-25-19(30)15-3-2-10-28(12-15)20-27-26-18-9-6-16(13-29(18)20)21(22,23)24/h4-9,13,15H,2-3,10-12H2,1H3,(H,25,30). The van der Waals surface area contributed by atoms with Gasteiger partial charge in [-0.3, -0.25) is 9.20 Å². The second-order valence-electron chi connectivity index (χ2n) is 7.49. The minimum Gasteiger partial charge on any atom is -0.497 e. The number of ether oxygens (including phenoxy) is 1. The Balaban J connectivity index is 1.45. The molecule has 1 aliphatic rings. The van der Waals surface area contributed by atoms with Crippen molar-refractivity contribution >= 4 is 17.5 Å². The Labute approximate surface area is 176 Å². The molecule has 1 amide bonds. The number of benzene rings is 1. The normalized spacial score (nSPS) is 17.0. The lowest BCUT2D eigenvalue weighted by atomic mass is 9.97. The number of alkyl halides is 3. The van der Waals surface area contributed by atoms with E-state index in [2.05, 4.69) is 15.5 Å². The van der Waals surface area contributed by atoms with Gasteiger partial charge < -0.3 is 15.0 Å². The minimum absolute atomic E-state index is 0.0923. The van der Waals surface area contributed by atoms with Crippen LogP contribution in [0.4, 0.5) is 19.1 Å². The van der Waals surface area contributed by atoms with Gasteiger partial charge in [-0.05, 0) is 42.7 Å². The summed E-state index contributed by atoms with van der Waals surface area (Å²) < 4.78 is 45.8. The quantitative estimate of drug-likeness (QED) is 0.669. The zero-order chi connectivity index (χ0) is 22.0. The van der Waals surface area contributed by atoms with Crippen LogP contribution in [0.25, 0.3) is 5.65 Å². The molecule has 3 heterocycles. The number of carbonyl (C=O) groups is 1. The third kappa shape index (κ3) is 4.57. The fraction of sp³-hybridized carbons (Fsp3) is 0.381. The van der Waals surface area contributed by atoms with Gasteiger partial charge in [0.25, 0.3) is 0 Å². The highest BCUT2D eigenvalue weighted by Gasteiger charge is 2.32. The molecule has 31 heavy (non-hydrogen) atoms. The van der Waals surface area contributed by atoms with Gasteiger partial charge in [-0.25, -0.2) is 0 Å². The number of carbonyl (C=O) groups excluding carboxylic acids is 1. The molecule has 1 N–H and O–H groups in total. The average molecular weight is 433 g/mol. The first-order valence-corrected chi connectivity index (χ1v) is 9.93. The highest BCUT2D eigenvalue weighted by atomic mass is 19.4. The molecule has 0 saturated carbocycles. The fourth-order valence-electron chi connectivity index (χ4n) is 3.71. The van der Waals surface area contributed by atoms with Gasteiger partial charge in [0.2, 0.25) is 11.9 Å². The summed E-state index contributed by atoms with van der Waals surface area (Å²) in [5, 5.41) is 11.0. The maximum absolute atomic E-state index is 13.1. The summed E-state index contributed by atoms with van der Waals surface area (Å²) in [5.74, 6) is 0.677. The zero-order valence-electron chi connectivity index (χ0n) is 16.9. The third-order valence-electron chi connectivity index (χ3n) is 5.41. The van der Waals surface area contributed by atoms with Crippen LogP contribution < -0.4 is 15.0 Å². The van der Waals surface area contributed by atoms with Crippen molar-refractivity contribution in [1.29, 1.82) is 0 Å². The van der Waals surface area contributed by atoms with Crippen molar-refractivity contribution in [1.82, 2.24) is 19.9 Å². The number of amides is 1. The van der Waals surface area contributed by atoms with Crippen LogP contribution >= 0.6 is 0 Å². The van der Waals surface area contributed by atoms with E-state index >= 15 is 0 Å². The molecule has 1 unspecified atom stereocenters. The Morgan fingerprint density at radius 1 is 1.19 bits per heavy atom. The third-order valence-corrected chi connectivity index (χ3v) is 5.41. The van der Waals surface area contributed by atoms with Gasteiger partial charge >= 0.3 is 6.18 Å². The van der Waals surface area contributed by atoms with E-state index in [1.165, 1.54) is 10.5 Å². The predicted molar refractivity (Wildman–Crippen MR) is 108 cm³/mol. The molecule has 0 spiro atoms. The van der Waals surface area contributed by atoms with Crippen LogP contribution in [0.15, 0.2) is 42.6 Å². The number of aromatic nitrogens is 3. The lowest BCUT2D eigenvalue weighted by Gasteiger charge is -2.32. The molecule has 0 radical (unpaired) electrons. The summed E-state index contributed by atoms with van der Waals surface area (Å²) in [6, 6.07) is 9.70. The van der Waals surface area contributed by atoms with E-state index < -0.39 is 11.7 Å². The van der Waals surface area contributed by atoms with Crippen molar-refractivity contribution < 1.29 is 22.7 Å². The van der Waals surface area contributed by atoms with Gasteiger partial charge in [0.05, 0.1) is 18.6 Å². The van der Waals surface area contributed by atoms with Crippen LogP contribution in [-0.2, 0) is 17.5 Å². The fourth-order valence-corrected chi connectivity index (χ4v) is 3.71. The van der Waals surface area contributed by atoms with E-state index in [1.54, 1.807) is 7.11 Å². The van der Waals surface area contributed by atoms with E-state index in [9.17, 15) is 18.0 Å². The van der Waals surface area contributed by atoms with Crippen molar-refractivity contribution in [3.8, 4) is 5.75 Å². The van der Waals surface area contributed by atoms with Crippen LogP contribution in [0.1, 0.15) is 24.0 Å². The number of nitrogens with one attached hydrogen (secondary N) is 1. The molecule has 10 heteroatoms. The molecule has 1 atom stereocenters. The molecule has 3 aromatic rings. The first kappa shape index (κ1) is 21.0. The smallest absolute Gasteiger partial charge is 0.417 e. The lowest BCUT2D eigenvalue weighted by Crippen LogP contribution is -2.43. The second kappa shape index (κ2) is 8.44. The van der Waals surface area contributed by atoms with Gasteiger partial charge in [0.1, 0.15) is 5.75 Å². The van der Waals surface area contributed by atoms with E-state index in [0.717, 1.165) is 30.0 Å². The molecule has 0 aliphatic carbocycles. The number of pyridine rings is 1. The first-order valence-electron chi connectivity index (χ1n) is 9.93. The predicted octanol–water partition coefficient (Wildman–Crippen LogP) is 3.29. The summed E-state index contributed by atoms with van der Waals surface area (Å²) in [7, 11) is 1.59. The van der Waals surface area contributed by atoms with Crippen molar-refractivity contribution in [2.45, 2.75) is 25.6 Å². The SMILES string of the molecule is COc1ccc(CNC(=O)C2CCCN(c3nnc4ccc(C(F)(F)F)cn34)C2)cc1. The van der Waals surface area contributed by atoms with Crippen LogP contribution in [0, 0.1) is 5.92 Å². The molecule has 164 valence electrons. The van der Waals surface area contributed by atoms with Gasteiger partial charge in [0.15, 0.2) is 5.65 Å². The van der Waals surface area contributed by atoms with Crippen LogP contribution in [0.3, 0.4) is 0 Å². The van der Waals surface area contributed by atoms with Crippen molar-refractivity contribution in [3.63, 3.8) is 0 Å². The lowest BCUT2D eigenvalue weighted by molar-refractivity contribution is -0.137. The first-order chi connectivity index (χ1) is 14.8. The summed E-state index contributed by atoms with van der Waals surface area (Å²) in [5.41, 5.74) is 0.505. The second-order valence-corrected chi connectivity index (χ2v) is 7.49. The van der Waals surface area contributed by atoms with E-state index in [0.29, 0.717) is 37.7 Å². The molecule has 2 aromatic heterocycles. The highest BCUT2D eigenvalue weighted by Crippen LogP contribution is 2.30. The van der Waals surface area contributed by atoms with E-state index in [1.807, 2.05) is 29.2 Å². The van der Waals surface area contributed by atoms with Crippen molar-refractivity contribution in [3.05, 3.63) is 53.7 Å². The number of hydrogen-bond donors (Lipinski definition) is 1. The number of rotatable bonds is 5. The van der Waals surface area contributed by atoms with Crippen LogP contribution in [-0.4, -0.2) is 40.7 Å². The van der Waals surface area contributed by atoms with Gasteiger partial charge in [-0.1, -0.05) is 12.1 Å².